The molecule has 2 nitrogen and oxygen atoms in total. The Balaban J connectivity index is 1.65. The maximum Gasteiger partial charge on any atom is 0.118 e. The van der Waals surface area contributed by atoms with E-state index in [4.69, 9.17) is 4.74 Å². The summed E-state index contributed by atoms with van der Waals surface area (Å²) in [6, 6.07) is 40.7. The first-order valence-electron chi connectivity index (χ1n) is 12.1. The van der Waals surface area contributed by atoms with Crippen molar-refractivity contribution in [3.8, 4) is 45.2 Å². The number of hydrogen-bond donors (Lipinski definition) is 0. The van der Waals surface area contributed by atoms with Crippen LogP contribution in [0, 0.1) is 18.3 Å². The number of rotatable bonds is 4. The van der Waals surface area contributed by atoms with Gasteiger partial charge < -0.3 is 4.74 Å². The number of methoxy groups -OCH3 is 1. The smallest absolute Gasteiger partial charge is 0.118 e. The fraction of sp³-hybridized carbons (Fsp3) is 0.0882. The second-order valence-corrected chi connectivity index (χ2v) is 9.34. The predicted octanol–water partition coefficient (Wildman–Crippen LogP) is 8.37. The Morgan fingerprint density at radius 3 is 2.08 bits per heavy atom. The molecule has 0 radical (unpaired) electrons. The Morgan fingerprint density at radius 1 is 0.667 bits per heavy atom. The highest BCUT2D eigenvalue weighted by Crippen LogP contribution is 2.53. The second-order valence-electron chi connectivity index (χ2n) is 9.34. The van der Waals surface area contributed by atoms with E-state index in [1.165, 1.54) is 44.5 Å². The van der Waals surface area contributed by atoms with Gasteiger partial charge in [-0.25, -0.2) is 0 Å². The first-order valence-corrected chi connectivity index (χ1v) is 12.1. The molecule has 1 aliphatic carbocycles. The van der Waals surface area contributed by atoms with E-state index in [-0.39, 0.29) is 5.92 Å². The molecule has 5 aromatic carbocycles. The Morgan fingerprint density at radius 2 is 1.39 bits per heavy atom. The van der Waals surface area contributed by atoms with Gasteiger partial charge in [-0.3, -0.25) is 0 Å². The molecule has 0 heterocycles. The van der Waals surface area contributed by atoms with Crippen molar-refractivity contribution in [1.29, 1.82) is 5.26 Å². The third kappa shape index (κ3) is 3.67. The van der Waals surface area contributed by atoms with Gasteiger partial charge >= 0.3 is 0 Å². The van der Waals surface area contributed by atoms with Crippen LogP contribution in [0.4, 0.5) is 0 Å². The van der Waals surface area contributed by atoms with Gasteiger partial charge in [-0.05, 0) is 93.4 Å². The van der Waals surface area contributed by atoms with E-state index < -0.39 is 0 Å². The van der Waals surface area contributed by atoms with Gasteiger partial charge in [0.25, 0.3) is 0 Å². The lowest BCUT2D eigenvalue weighted by Gasteiger charge is -2.20. The number of fused-ring (bicyclic) bond motifs is 3. The molecule has 0 aliphatic heterocycles. The largest absolute Gasteiger partial charge is 0.497 e. The summed E-state index contributed by atoms with van der Waals surface area (Å²) in [4.78, 5) is 0. The van der Waals surface area contributed by atoms with E-state index in [0.717, 1.165) is 16.9 Å². The summed E-state index contributed by atoms with van der Waals surface area (Å²) in [6.07, 6.45) is 0. The molecular weight excluding hydrogens is 438 g/mol. The van der Waals surface area contributed by atoms with Gasteiger partial charge in [-0.1, -0.05) is 78.4 Å². The van der Waals surface area contributed by atoms with Gasteiger partial charge in [0.05, 0.1) is 18.7 Å². The van der Waals surface area contributed by atoms with Crippen molar-refractivity contribution in [2.75, 3.05) is 7.11 Å². The van der Waals surface area contributed by atoms with Crippen molar-refractivity contribution in [2.45, 2.75) is 12.8 Å². The van der Waals surface area contributed by atoms with Crippen LogP contribution in [0.3, 0.4) is 0 Å². The van der Waals surface area contributed by atoms with E-state index in [1.807, 2.05) is 24.3 Å². The highest BCUT2D eigenvalue weighted by atomic mass is 16.5. The van der Waals surface area contributed by atoms with Crippen LogP contribution in [0.25, 0.3) is 33.4 Å². The summed E-state index contributed by atoms with van der Waals surface area (Å²) in [5.74, 6) is 0.993. The van der Waals surface area contributed by atoms with Gasteiger partial charge in [0.2, 0.25) is 0 Å². The van der Waals surface area contributed by atoms with Crippen LogP contribution in [-0.2, 0) is 0 Å². The first-order chi connectivity index (χ1) is 17.7. The highest BCUT2D eigenvalue weighted by Gasteiger charge is 2.33. The van der Waals surface area contributed by atoms with Crippen molar-refractivity contribution in [3.63, 3.8) is 0 Å². The van der Waals surface area contributed by atoms with Gasteiger partial charge in [0.15, 0.2) is 0 Å². The molecular formula is C34H25NO. The van der Waals surface area contributed by atoms with E-state index in [2.05, 4.69) is 97.9 Å². The van der Waals surface area contributed by atoms with Crippen molar-refractivity contribution in [2.24, 2.45) is 0 Å². The number of hydrogen-bond acceptors (Lipinski definition) is 2. The van der Waals surface area contributed by atoms with E-state index in [9.17, 15) is 5.26 Å². The minimum absolute atomic E-state index is 0.131. The molecule has 172 valence electrons. The summed E-state index contributed by atoms with van der Waals surface area (Å²) in [5, 5.41) is 9.26. The Bertz CT molecular complexity index is 1610. The summed E-state index contributed by atoms with van der Waals surface area (Å²) < 4.78 is 5.44. The fourth-order valence-corrected chi connectivity index (χ4v) is 5.41. The van der Waals surface area contributed by atoms with Crippen molar-refractivity contribution in [1.82, 2.24) is 0 Å². The minimum atomic E-state index is 0.131. The Labute approximate surface area is 212 Å². The van der Waals surface area contributed by atoms with E-state index in [0.29, 0.717) is 5.56 Å². The molecule has 2 heteroatoms. The average Bonchev–Trinajstić information content (AvgIpc) is 3.26. The Kier molecular flexibility index (Phi) is 5.40. The molecule has 1 aliphatic rings. The zero-order chi connectivity index (χ0) is 24.6. The van der Waals surface area contributed by atoms with Crippen LogP contribution >= 0.6 is 0 Å². The third-order valence-electron chi connectivity index (χ3n) is 7.16. The lowest BCUT2D eigenvalue weighted by molar-refractivity contribution is 0.414. The molecule has 36 heavy (non-hydrogen) atoms. The Hall–Kier alpha value is -4.61. The molecule has 0 fully saturated rings. The molecule has 0 spiro atoms. The lowest BCUT2D eigenvalue weighted by Crippen LogP contribution is -2.02. The summed E-state index contributed by atoms with van der Waals surface area (Å²) in [6.45, 7) is 2.16. The standard InChI is InChI=1S/C34H25NO/c1-22-8-17-29-31(18-22)33(26-13-15-28(36-2)16-14-26)34-30(25-6-4-3-5-7-25)19-27(20-32(29)34)24-11-9-23(21-35)10-12-24/h3-20,33H,1-2H3/t33-/m0/s1. The lowest BCUT2D eigenvalue weighted by atomic mass is 9.83. The quantitative estimate of drug-likeness (QED) is 0.263. The predicted molar refractivity (Wildman–Crippen MR) is 146 cm³/mol. The molecule has 0 amide bonds. The first kappa shape index (κ1) is 21.9. The molecule has 0 unspecified atom stereocenters. The van der Waals surface area contributed by atoms with Crippen LogP contribution < -0.4 is 4.74 Å². The van der Waals surface area contributed by atoms with Gasteiger partial charge in [0, 0.05) is 5.92 Å². The maximum atomic E-state index is 9.26. The number of nitrogens with zero attached hydrogens (tertiary/aromatic N) is 1. The fourth-order valence-electron chi connectivity index (χ4n) is 5.41. The van der Waals surface area contributed by atoms with E-state index >= 15 is 0 Å². The van der Waals surface area contributed by atoms with Crippen molar-refractivity contribution >= 4 is 0 Å². The normalized spacial score (nSPS) is 13.5. The van der Waals surface area contributed by atoms with Crippen molar-refractivity contribution in [3.05, 3.63) is 137 Å². The van der Waals surface area contributed by atoms with Crippen LogP contribution in [0.1, 0.15) is 33.7 Å². The van der Waals surface area contributed by atoms with E-state index in [1.54, 1.807) is 7.11 Å². The highest BCUT2D eigenvalue weighted by molar-refractivity contribution is 5.92. The SMILES string of the molecule is COc1ccc([C@H]2c3cc(C)ccc3-c3cc(-c4ccc(C#N)cc4)cc(-c4ccccc4)c32)cc1. The summed E-state index contributed by atoms with van der Waals surface area (Å²) in [5.41, 5.74) is 13.1. The van der Waals surface area contributed by atoms with Crippen LogP contribution in [0.5, 0.6) is 5.75 Å². The molecule has 0 N–H and O–H groups in total. The van der Waals surface area contributed by atoms with Crippen LogP contribution in [0.2, 0.25) is 0 Å². The maximum absolute atomic E-state index is 9.26. The summed E-state index contributed by atoms with van der Waals surface area (Å²) in [7, 11) is 1.71. The van der Waals surface area contributed by atoms with Gasteiger partial charge in [0.1, 0.15) is 5.75 Å². The van der Waals surface area contributed by atoms with Crippen molar-refractivity contribution < 1.29 is 4.74 Å². The van der Waals surface area contributed by atoms with Crippen LogP contribution in [-0.4, -0.2) is 7.11 Å². The molecule has 0 saturated heterocycles. The molecule has 0 aromatic heterocycles. The molecule has 0 bridgehead atoms. The monoisotopic (exact) mass is 463 g/mol. The number of aryl methyl sites for hydroxylation is 1. The molecule has 6 rings (SSSR count). The van der Waals surface area contributed by atoms with Gasteiger partial charge in [-0.2, -0.15) is 5.26 Å². The molecule has 5 aromatic rings. The second kappa shape index (κ2) is 8.87. The number of nitriles is 1. The molecule has 1 atom stereocenters. The van der Waals surface area contributed by atoms with Gasteiger partial charge in [-0.15, -0.1) is 0 Å². The number of ether oxygens (including phenoxy) is 1. The number of benzene rings is 5. The average molecular weight is 464 g/mol. The van der Waals surface area contributed by atoms with Crippen LogP contribution in [0.15, 0.2) is 109 Å². The topological polar surface area (TPSA) is 33.0 Å². The zero-order valence-electron chi connectivity index (χ0n) is 20.3. The molecule has 0 saturated carbocycles. The minimum Gasteiger partial charge on any atom is -0.497 e. The third-order valence-corrected chi connectivity index (χ3v) is 7.16. The zero-order valence-corrected chi connectivity index (χ0v) is 20.3. The summed E-state index contributed by atoms with van der Waals surface area (Å²) >= 11 is 0.